The quantitative estimate of drug-likeness (QED) is 0.696. The third-order valence-corrected chi connectivity index (χ3v) is 4.08. The van der Waals surface area contributed by atoms with Crippen LogP contribution in [0.3, 0.4) is 0 Å². The molecule has 2 aliphatic carbocycles. The average molecular weight is 181 g/mol. The Labute approximate surface area is 82.1 Å². The van der Waals surface area contributed by atoms with E-state index in [0.29, 0.717) is 6.04 Å². The van der Waals surface area contributed by atoms with Gasteiger partial charge in [0.05, 0.1) is 0 Å². The molecule has 0 heterocycles. The van der Waals surface area contributed by atoms with Crippen LogP contribution in [-0.2, 0) is 0 Å². The molecule has 0 spiro atoms. The fourth-order valence-electron chi connectivity index (χ4n) is 3.21. The molecule has 2 saturated carbocycles. The van der Waals surface area contributed by atoms with Gasteiger partial charge in [-0.1, -0.05) is 38.5 Å². The molecule has 0 aromatic rings. The van der Waals surface area contributed by atoms with Crippen LogP contribution in [0.1, 0.15) is 57.8 Å². The molecule has 0 radical (unpaired) electrons. The Morgan fingerprint density at radius 1 is 0.846 bits per heavy atom. The van der Waals surface area contributed by atoms with Gasteiger partial charge in [-0.2, -0.15) is 0 Å². The first-order chi connectivity index (χ1) is 6.36. The van der Waals surface area contributed by atoms with Gasteiger partial charge in [0.15, 0.2) is 0 Å². The van der Waals surface area contributed by atoms with Gasteiger partial charge in [-0.25, -0.2) is 0 Å². The van der Waals surface area contributed by atoms with Crippen LogP contribution in [0.5, 0.6) is 0 Å². The van der Waals surface area contributed by atoms with Crippen molar-refractivity contribution in [3.05, 3.63) is 0 Å². The predicted octanol–water partition coefficient (Wildman–Crippen LogP) is 3.08. The van der Waals surface area contributed by atoms with Crippen LogP contribution >= 0.6 is 0 Å². The summed E-state index contributed by atoms with van der Waals surface area (Å²) in [5, 5.41) is 0. The molecular weight excluding hydrogens is 158 g/mol. The molecule has 0 aromatic carbocycles. The van der Waals surface area contributed by atoms with Crippen LogP contribution in [0.25, 0.3) is 0 Å². The summed E-state index contributed by atoms with van der Waals surface area (Å²) >= 11 is 0. The van der Waals surface area contributed by atoms with Gasteiger partial charge < -0.3 is 5.73 Å². The van der Waals surface area contributed by atoms with Crippen molar-refractivity contribution in [2.75, 3.05) is 0 Å². The highest BCUT2D eigenvalue weighted by Gasteiger charge is 2.27. The van der Waals surface area contributed by atoms with Crippen molar-refractivity contribution in [2.24, 2.45) is 17.6 Å². The molecule has 0 bridgehead atoms. The molecule has 0 aromatic heterocycles. The number of hydrogen-bond acceptors (Lipinski definition) is 1. The van der Waals surface area contributed by atoms with Gasteiger partial charge >= 0.3 is 0 Å². The lowest BCUT2D eigenvalue weighted by Crippen LogP contribution is -2.26. The smallest absolute Gasteiger partial charge is 0.00672 e. The van der Waals surface area contributed by atoms with E-state index >= 15 is 0 Å². The molecule has 0 aliphatic heterocycles. The summed E-state index contributed by atoms with van der Waals surface area (Å²) < 4.78 is 0. The van der Waals surface area contributed by atoms with E-state index in [1.165, 1.54) is 57.8 Å². The minimum absolute atomic E-state index is 0.543. The summed E-state index contributed by atoms with van der Waals surface area (Å²) in [6.45, 7) is 0. The van der Waals surface area contributed by atoms with Gasteiger partial charge in [-0.15, -0.1) is 0 Å². The van der Waals surface area contributed by atoms with E-state index in [-0.39, 0.29) is 0 Å². The lowest BCUT2D eigenvalue weighted by atomic mass is 9.81. The zero-order valence-corrected chi connectivity index (χ0v) is 8.67. The lowest BCUT2D eigenvalue weighted by molar-refractivity contribution is 0.277. The first kappa shape index (κ1) is 9.51. The van der Waals surface area contributed by atoms with Crippen molar-refractivity contribution in [1.82, 2.24) is 0 Å². The summed E-state index contributed by atoms with van der Waals surface area (Å²) in [5.41, 5.74) is 6.10. The monoisotopic (exact) mass is 181 g/mol. The molecule has 76 valence electrons. The van der Waals surface area contributed by atoms with Crippen molar-refractivity contribution >= 4 is 0 Å². The Bertz CT molecular complexity index is 149. The molecule has 0 saturated heterocycles. The maximum atomic E-state index is 6.10. The van der Waals surface area contributed by atoms with Gasteiger partial charge in [-0.05, 0) is 31.1 Å². The van der Waals surface area contributed by atoms with E-state index < -0.39 is 0 Å². The average Bonchev–Trinajstić information content (AvgIpc) is 2.54. The van der Waals surface area contributed by atoms with Crippen LogP contribution in [-0.4, -0.2) is 6.04 Å². The molecule has 2 unspecified atom stereocenters. The zero-order chi connectivity index (χ0) is 9.10. The number of nitrogens with two attached hydrogens (primary N) is 1. The highest BCUT2D eigenvalue weighted by Crippen LogP contribution is 2.35. The molecule has 2 N–H and O–H groups in total. The van der Waals surface area contributed by atoms with E-state index in [1.807, 2.05) is 0 Å². The maximum Gasteiger partial charge on any atom is 0.00672 e. The van der Waals surface area contributed by atoms with Crippen molar-refractivity contribution in [2.45, 2.75) is 63.8 Å². The molecular formula is C12H23N. The SMILES string of the molecule is NC1CCCC1CC1CCCCC1. The highest BCUT2D eigenvalue weighted by atomic mass is 14.7. The van der Waals surface area contributed by atoms with E-state index in [1.54, 1.807) is 0 Å². The Morgan fingerprint density at radius 3 is 2.23 bits per heavy atom. The predicted molar refractivity (Wildman–Crippen MR) is 56.5 cm³/mol. The largest absolute Gasteiger partial charge is 0.327 e. The van der Waals surface area contributed by atoms with Crippen molar-refractivity contribution < 1.29 is 0 Å². The second-order valence-corrected chi connectivity index (χ2v) is 5.09. The molecule has 2 rings (SSSR count). The first-order valence-electron chi connectivity index (χ1n) is 6.12. The minimum Gasteiger partial charge on any atom is -0.327 e. The summed E-state index contributed by atoms with van der Waals surface area (Å²) in [6, 6.07) is 0.543. The molecule has 2 fully saturated rings. The Kier molecular flexibility index (Phi) is 3.26. The second-order valence-electron chi connectivity index (χ2n) is 5.09. The molecule has 13 heavy (non-hydrogen) atoms. The summed E-state index contributed by atoms with van der Waals surface area (Å²) in [7, 11) is 0. The van der Waals surface area contributed by atoms with Gasteiger partial charge in [0.25, 0.3) is 0 Å². The third kappa shape index (κ3) is 2.46. The van der Waals surface area contributed by atoms with E-state index in [2.05, 4.69) is 0 Å². The van der Waals surface area contributed by atoms with Crippen LogP contribution in [0.4, 0.5) is 0 Å². The first-order valence-corrected chi connectivity index (χ1v) is 6.12. The topological polar surface area (TPSA) is 26.0 Å². The number of hydrogen-bond donors (Lipinski definition) is 1. The Morgan fingerprint density at radius 2 is 1.62 bits per heavy atom. The van der Waals surface area contributed by atoms with Gasteiger partial charge in [0, 0.05) is 6.04 Å². The van der Waals surface area contributed by atoms with Crippen LogP contribution in [0.2, 0.25) is 0 Å². The summed E-state index contributed by atoms with van der Waals surface area (Å²) in [6.07, 6.45) is 13.0. The summed E-state index contributed by atoms with van der Waals surface area (Å²) in [5.74, 6) is 1.91. The molecule has 2 aliphatic rings. The standard InChI is InChI=1S/C12H23N/c13-12-8-4-7-11(12)9-10-5-2-1-3-6-10/h10-12H,1-9,13H2. The van der Waals surface area contributed by atoms with Crippen molar-refractivity contribution in [3.8, 4) is 0 Å². The van der Waals surface area contributed by atoms with Crippen LogP contribution < -0.4 is 5.73 Å². The Hall–Kier alpha value is -0.0400. The zero-order valence-electron chi connectivity index (χ0n) is 8.67. The van der Waals surface area contributed by atoms with E-state index in [0.717, 1.165) is 11.8 Å². The minimum atomic E-state index is 0.543. The molecule has 1 nitrogen and oxygen atoms in total. The second kappa shape index (κ2) is 4.45. The molecule has 2 atom stereocenters. The third-order valence-electron chi connectivity index (χ3n) is 4.08. The van der Waals surface area contributed by atoms with Gasteiger partial charge in [0.2, 0.25) is 0 Å². The molecule has 1 heteroatoms. The lowest BCUT2D eigenvalue weighted by Gasteiger charge is -2.26. The van der Waals surface area contributed by atoms with Gasteiger partial charge in [-0.3, -0.25) is 0 Å². The molecule has 0 amide bonds. The van der Waals surface area contributed by atoms with E-state index in [9.17, 15) is 0 Å². The normalized spacial score (nSPS) is 36.7. The summed E-state index contributed by atoms with van der Waals surface area (Å²) in [4.78, 5) is 0. The Balaban J connectivity index is 1.75. The number of rotatable bonds is 2. The van der Waals surface area contributed by atoms with Gasteiger partial charge in [0.1, 0.15) is 0 Å². The van der Waals surface area contributed by atoms with Crippen molar-refractivity contribution in [1.29, 1.82) is 0 Å². The fourth-order valence-corrected chi connectivity index (χ4v) is 3.21. The highest BCUT2D eigenvalue weighted by molar-refractivity contribution is 4.82. The fraction of sp³-hybridized carbons (Fsp3) is 1.00. The maximum absolute atomic E-state index is 6.10. The van der Waals surface area contributed by atoms with Crippen LogP contribution in [0, 0.1) is 11.8 Å². The van der Waals surface area contributed by atoms with E-state index in [4.69, 9.17) is 5.73 Å². The van der Waals surface area contributed by atoms with Crippen molar-refractivity contribution in [3.63, 3.8) is 0 Å². The van der Waals surface area contributed by atoms with Crippen LogP contribution in [0.15, 0.2) is 0 Å².